The Bertz CT molecular complexity index is 863. The fourth-order valence-corrected chi connectivity index (χ4v) is 6.38. The van der Waals surface area contributed by atoms with E-state index in [1.165, 1.54) is 10.9 Å². The zero-order valence-electron chi connectivity index (χ0n) is 15.3. The average Bonchev–Trinajstić information content (AvgIpc) is 3.19. The number of fused-ring (bicyclic) bond motifs is 1. The van der Waals surface area contributed by atoms with E-state index in [0.717, 1.165) is 25.2 Å². The number of H-pyrrole nitrogens is 1. The Morgan fingerprint density at radius 3 is 2.38 bits per heavy atom. The zero-order chi connectivity index (χ0) is 18.3. The maximum atomic E-state index is 13.0. The smallest absolute Gasteiger partial charge is 0.220 e. The number of benzene rings is 1. The average molecular weight is 378 g/mol. The monoisotopic (exact) mass is 377 g/mol. The van der Waals surface area contributed by atoms with Crippen LogP contribution < -0.4 is 10.9 Å². The Morgan fingerprint density at radius 2 is 1.69 bits per heavy atom. The number of nitrogens with zero attached hydrogens (tertiary/aromatic N) is 2. The van der Waals surface area contributed by atoms with Gasteiger partial charge in [-0.05, 0) is 25.5 Å². The van der Waals surface area contributed by atoms with E-state index in [-0.39, 0.29) is 12.1 Å². The fourth-order valence-electron chi connectivity index (χ4n) is 4.19. The van der Waals surface area contributed by atoms with Crippen LogP contribution in [0.15, 0.2) is 30.5 Å². The van der Waals surface area contributed by atoms with Crippen LogP contribution in [0.3, 0.4) is 0 Å². The third-order valence-corrected chi connectivity index (χ3v) is 8.22. The van der Waals surface area contributed by atoms with Gasteiger partial charge in [0.2, 0.25) is 10.0 Å². The molecule has 26 heavy (non-hydrogen) atoms. The molecular weight excluding hydrogens is 350 g/mol. The molecule has 142 valence electrons. The third kappa shape index (κ3) is 3.16. The summed E-state index contributed by atoms with van der Waals surface area (Å²) >= 11 is 0. The van der Waals surface area contributed by atoms with Crippen LogP contribution in [-0.2, 0) is 16.6 Å². The van der Waals surface area contributed by atoms with Crippen LogP contribution in [0.1, 0.15) is 19.4 Å². The quantitative estimate of drug-likeness (QED) is 0.737. The molecule has 3 heterocycles. The van der Waals surface area contributed by atoms with Crippen LogP contribution >= 0.6 is 0 Å². The highest BCUT2D eigenvalue weighted by molar-refractivity contribution is 7.89. The number of hydrogen-bond donors (Lipinski definition) is 3. The first-order valence-corrected chi connectivity index (χ1v) is 10.7. The predicted molar refractivity (Wildman–Crippen MR) is 103 cm³/mol. The molecule has 7 nitrogen and oxygen atoms in total. The van der Waals surface area contributed by atoms with E-state index in [9.17, 15) is 8.42 Å². The normalized spacial score (nSPS) is 28.8. The molecule has 1 aromatic heterocycles. The van der Waals surface area contributed by atoms with Gasteiger partial charge in [-0.25, -0.2) is 8.42 Å². The summed E-state index contributed by atoms with van der Waals surface area (Å²) in [7, 11) is -3.30. The second-order valence-corrected chi connectivity index (χ2v) is 9.50. The Hall–Kier alpha value is -1.45. The van der Waals surface area contributed by atoms with Crippen molar-refractivity contribution in [2.24, 2.45) is 0 Å². The van der Waals surface area contributed by atoms with Crippen LogP contribution in [0, 0.1) is 0 Å². The predicted octanol–water partition coefficient (Wildman–Crippen LogP) is 0.869. The van der Waals surface area contributed by atoms with Crippen molar-refractivity contribution in [1.82, 2.24) is 25.0 Å². The molecule has 0 aliphatic carbocycles. The number of aromatic nitrogens is 1. The maximum absolute atomic E-state index is 13.0. The van der Waals surface area contributed by atoms with Crippen molar-refractivity contribution < 1.29 is 8.42 Å². The van der Waals surface area contributed by atoms with E-state index < -0.39 is 15.3 Å². The molecule has 0 radical (unpaired) electrons. The van der Waals surface area contributed by atoms with Gasteiger partial charge in [-0.1, -0.05) is 18.2 Å². The molecular formula is C18H27N5O2S. The van der Waals surface area contributed by atoms with E-state index in [0.29, 0.717) is 13.1 Å². The Balaban J connectivity index is 1.41. The summed E-state index contributed by atoms with van der Waals surface area (Å²) in [6.07, 6.45) is 2.06. The summed E-state index contributed by atoms with van der Waals surface area (Å²) in [5.74, 6) is 0. The standard InChI is InChI=1S/C18H27N5O2S/c1-13-18(14(2)21-20-13)26(24,25)23-9-7-22(8-10-23)12-15-11-19-17-6-4-3-5-16(15)17/h3-6,11,13-14,18-21H,7-10,12H2,1-2H3. The van der Waals surface area contributed by atoms with Gasteiger partial charge in [0.25, 0.3) is 0 Å². The van der Waals surface area contributed by atoms with Crippen molar-refractivity contribution in [3.05, 3.63) is 36.0 Å². The van der Waals surface area contributed by atoms with E-state index in [1.54, 1.807) is 4.31 Å². The molecule has 2 saturated heterocycles. The zero-order valence-corrected chi connectivity index (χ0v) is 16.1. The van der Waals surface area contributed by atoms with Crippen molar-refractivity contribution in [2.75, 3.05) is 26.2 Å². The van der Waals surface area contributed by atoms with Crippen LogP contribution in [0.2, 0.25) is 0 Å². The molecule has 1 aromatic carbocycles. The van der Waals surface area contributed by atoms with Crippen molar-refractivity contribution >= 4 is 20.9 Å². The van der Waals surface area contributed by atoms with Crippen molar-refractivity contribution in [1.29, 1.82) is 0 Å². The third-order valence-electron chi connectivity index (χ3n) is 5.63. The summed E-state index contributed by atoms with van der Waals surface area (Å²) < 4.78 is 27.7. The molecule has 0 spiro atoms. The molecule has 3 N–H and O–H groups in total. The SMILES string of the molecule is CC1NNC(C)C1S(=O)(=O)N1CCN(Cc2c[nH]c3ccccc23)CC1. The van der Waals surface area contributed by atoms with Gasteiger partial charge in [0.1, 0.15) is 5.25 Å². The first-order chi connectivity index (χ1) is 12.5. The molecule has 0 saturated carbocycles. The molecule has 2 aliphatic heterocycles. The van der Waals surface area contributed by atoms with Crippen LogP contribution in [0.25, 0.3) is 10.9 Å². The summed E-state index contributed by atoms with van der Waals surface area (Å²) in [5, 5.41) is 0.830. The van der Waals surface area contributed by atoms with Crippen molar-refractivity contribution in [2.45, 2.75) is 37.7 Å². The van der Waals surface area contributed by atoms with Crippen LogP contribution in [-0.4, -0.2) is 66.1 Å². The molecule has 2 aromatic rings. The lowest BCUT2D eigenvalue weighted by Crippen LogP contribution is -2.53. The van der Waals surface area contributed by atoms with Gasteiger partial charge in [-0.15, -0.1) is 0 Å². The van der Waals surface area contributed by atoms with Gasteiger partial charge < -0.3 is 4.98 Å². The number of aromatic amines is 1. The van der Waals surface area contributed by atoms with Crippen LogP contribution in [0.4, 0.5) is 0 Å². The maximum Gasteiger partial charge on any atom is 0.220 e. The van der Waals surface area contributed by atoms with Crippen LogP contribution in [0.5, 0.6) is 0 Å². The molecule has 2 unspecified atom stereocenters. The molecule has 0 bridgehead atoms. The first-order valence-electron chi connectivity index (χ1n) is 9.24. The van der Waals surface area contributed by atoms with Gasteiger partial charge in [0, 0.05) is 61.9 Å². The molecule has 8 heteroatoms. The molecule has 0 amide bonds. The fraction of sp³-hybridized carbons (Fsp3) is 0.556. The highest BCUT2D eigenvalue weighted by atomic mass is 32.2. The Morgan fingerprint density at radius 1 is 1.04 bits per heavy atom. The first kappa shape index (κ1) is 17.9. The minimum atomic E-state index is -3.30. The van der Waals surface area contributed by atoms with E-state index in [2.05, 4.69) is 45.1 Å². The van der Waals surface area contributed by atoms with Crippen molar-refractivity contribution in [3.8, 4) is 0 Å². The number of nitrogens with one attached hydrogen (secondary N) is 3. The lowest BCUT2D eigenvalue weighted by Gasteiger charge is -2.36. The lowest BCUT2D eigenvalue weighted by atomic mass is 10.1. The highest BCUT2D eigenvalue weighted by Crippen LogP contribution is 2.23. The van der Waals surface area contributed by atoms with Gasteiger partial charge in [-0.2, -0.15) is 4.31 Å². The molecule has 2 aliphatic rings. The molecule has 2 fully saturated rings. The number of para-hydroxylation sites is 1. The van der Waals surface area contributed by atoms with E-state index in [4.69, 9.17) is 0 Å². The number of piperazine rings is 1. The number of sulfonamides is 1. The van der Waals surface area contributed by atoms with E-state index >= 15 is 0 Å². The summed E-state index contributed by atoms with van der Waals surface area (Å²) in [6, 6.07) is 8.12. The second-order valence-electron chi connectivity index (χ2n) is 7.41. The molecule has 4 rings (SSSR count). The van der Waals surface area contributed by atoms with E-state index in [1.807, 2.05) is 19.9 Å². The Labute approximate surface area is 154 Å². The summed E-state index contributed by atoms with van der Waals surface area (Å²) in [6.45, 7) is 7.32. The topological polar surface area (TPSA) is 80.5 Å². The number of rotatable bonds is 4. The van der Waals surface area contributed by atoms with Gasteiger partial charge >= 0.3 is 0 Å². The Kier molecular flexibility index (Phi) is 4.79. The minimum absolute atomic E-state index is 0.0840. The van der Waals surface area contributed by atoms with Gasteiger partial charge in [0.05, 0.1) is 0 Å². The van der Waals surface area contributed by atoms with Gasteiger partial charge in [-0.3, -0.25) is 15.8 Å². The minimum Gasteiger partial charge on any atom is -0.361 e. The summed E-state index contributed by atoms with van der Waals surface area (Å²) in [5.41, 5.74) is 8.51. The second kappa shape index (κ2) is 6.94. The van der Waals surface area contributed by atoms with Crippen molar-refractivity contribution in [3.63, 3.8) is 0 Å². The number of hydrazine groups is 1. The number of hydrogen-bond acceptors (Lipinski definition) is 5. The summed E-state index contributed by atoms with van der Waals surface area (Å²) in [4.78, 5) is 5.64. The lowest BCUT2D eigenvalue weighted by molar-refractivity contribution is 0.181. The molecule has 2 atom stereocenters. The largest absolute Gasteiger partial charge is 0.361 e. The highest BCUT2D eigenvalue weighted by Gasteiger charge is 2.44. The van der Waals surface area contributed by atoms with Gasteiger partial charge in [0.15, 0.2) is 0 Å².